The van der Waals surface area contributed by atoms with E-state index in [0.29, 0.717) is 11.3 Å². The lowest BCUT2D eigenvalue weighted by Crippen LogP contribution is -2.24. The molecule has 1 heterocycles. The summed E-state index contributed by atoms with van der Waals surface area (Å²) in [7, 11) is 0. The Kier molecular flexibility index (Phi) is 4.34. The third-order valence-electron chi connectivity index (χ3n) is 1.70. The van der Waals surface area contributed by atoms with Crippen molar-refractivity contribution < 1.29 is 14.3 Å². The predicted octanol–water partition coefficient (Wildman–Crippen LogP) is 1.29. The Morgan fingerprint density at radius 3 is 3.13 bits per heavy atom. The summed E-state index contributed by atoms with van der Waals surface area (Å²) in [6, 6.07) is 3.44. The number of carbonyl (C=O) groups excluding carboxylic acids is 1. The topological polar surface area (TPSA) is 53.2 Å². The van der Waals surface area contributed by atoms with Crippen LogP contribution in [0.15, 0.2) is 30.6 Å². The first-order valence-corrected chi connectivity index (χ1v) is 4.73. The maximum atomic E-state index is 11.0. The van der Waals surface area contributed by atoms with Crippen LogP contribution in [0.3, 0.4) is 0 Å². The van der Waals surface area contributed by atoms with Crippen molar-refractivity contribution in [3.8, 4) is 0 Å². The van der Waals surface area contributed by atoms with Gasteiger partial charge in [0, 0.05) is 11.6 Å². The molecule has 0 saturated heterocycles. The second-order valence-electron chi connectivity index (χ2n) is 2.91. The normalized spacial score (nSPS) is 10.5. The van der Waals surface area contributed by atoms with E-state index in [1.165, 1.54) is 12.4 Å². The number of aromatic nitrogens is 1. The predicted molar refractivity (Wildman–Crippen MR) is 55.7 cm³/mol. The average molecular weight is 207 g/mol. The molecule has 0 unspecified atom stereocenters. The molecule has 0 saturated carbocycles. The number of ether oxygens (including phenoxy) is 1. The molecule has 0 amide bonds. The molecule has 0 radical (unpaired) electrons. The van der Waals surface area contributed by atoms with Crippen LogP contribution >= 0.6 is 0 Å². The fourth-order valence-corrected chi connectivity index (χ4v) is 1.08. The molecule has 80 valence electrons. The fourth-order valence-electron chi connectivity index (χ4n) is 1.08. The highest BCUT2D eigenvalue weighted by atomic mass is 16.5. The van der Waals surface area contributed by atoms with Gasteiger partial charge in [-0.1, -0.05) is 12.2 Å². The molecular formula is C11H13NO3. The Bertz CT molecular complexity index is 361. The lowest BCUT2D eigenvalue weighted by atomic mass is 10.2. The van der Waals surface area contributed by atoms with Crippen LogP contribution in [0.1, 0.15) is 18.9 Å². The molecule has 0 aliphatic heterocycles. The van der Waals surface area contributed by atoms with Gasteiger partial charge in [0.1, 0.15) is 0 Å². The van der Waals surface area contributed by atoms with Gasteiger partial charge < -0.3 is 9.94 Å². The summed E-state index contributed by atoms with van der Waals surface area (Å²) in [5.74, 6) is -0.264. The highest BCUT2D eigenvalue weighted by Gasteiger charge is 1.97. The third-order valence-corrected chi connectivity index (χ3v) is 1.70. The van der Waals surface area contributed by atoms with Gasteiger partial charge in [0.2, 0.25) is 0 Å². The Morgan fingerprint density at radius 2 is 2.47 bits per heavy atom. The molecule has 0 fully saturated rings. The Morgan fingerprint density at radius 1 is 1.67 bits per heavy atom. The SMILES string of the molecule is CCOC(=O)CC=Cc1ccc[n+]([O-])c1. The molecule has 0 atom stereocenters. The second-order valence-corrected chi connectivity index (χ2v) is 2.91. The molecule has 15 heavy (non-hydrogen) atoms. The van der Waals surface area contributed by atoms with Crippen LogP contribution < -0.4 is 4.73 Å². The summed E-state index contributed by atoms with van der Waals surface area (Å²) in [5, 5.41) is 10.9. The maximum absolute atomic E-state index is 11.0. The van der Waals surface area contributed by atoms with Crippen molar-refractivity contribution in [2.45, 2.75) is 13.3 Å². The Labute approximate surface area is 88.4 Å². The summed E-state index contributed by atoms with van der Waals surface area (Å²) in [5.41, 5.74) is 0.761. The molecule has 0 aliphatic rings. The fraction of sp³-hybridized carbons (Fsp3) is 0.273. The molecule has 4 nitrogen and oxygen atoms in total. The summed E-state index contributed by atoms with van der Waals surface area (Å²) >= 11 is 0. The summed E-state index contributed by atoms with van der Waals surface area (Å²) in [6.07, 6.45) is 6.45. The van der Waals surface area contributed by atoms with Crippen molar-refractivity contribution in [1.82, 2.24) is 0 Å². The lowest BCUT2D eigenvalue weighted by Gasteiger charge is -1.97. The van der Waals surface area contributed by atoms with Gasteiger partial charge in [0.15, 0.2) is 12.4 Å². The third kappa shape index (κ3) is 4.26. The summed E-state index contributed by atoms with van der Waals surface area (Å²) < 4.78 is 5.46. The minimum absolute atomic E-state index is 0.224. The van der Waals surface area contributed by atoms with E-state index in [1.807, 2.05) is 0 Å². The molecule has 1 rings (SSSR count). The number of hydrogen-bond acceptors (Lipinski definition) is 3. The number of hydrogen-bond donors (Lipinski definition) is 0. The van der Waals surface area contributed by atoms with E-state index in [4.69, 9.17) is 4.74 Å². The van der Waals surface area contributed by atoms with Gasteiger partial charge in [-0.05, 0) is 13.0 Å². The zero-order chi connectivity index (χ0) is 11.1. The molecule has 1 aromatic rings. The molecule has 0 aromatic carbocycles. The van der Waals surface area contributed by atoms with Crippen LogP contribution in [-0.2, 0) is 9.53 Å². The van der Waals surface area contributed by atoms with Crippen LogP contribution in [0.25, 0.3) is 6.08 Å². The molecule has 0 bridgehead atoms. The van der Waals surface area contributed by atoms with Crippen molar-refractivity contribution >= 4 is 12.0 Å². The van der Waals surface area contributed by atoms with Crippen molar-refractivity contribution in [3.63, 3.8) is 0 Å². The first kappa shape index (κ1) is 11.2. The van der Waals surface area contributed by atoms with Gasteiger partial charge in [0.05, 0.1) is 13.0 Å². The highest BCUT2D eigenvalue weighted by molar-refractivity contribution is 5.72. The van der Waals surface area contributed by atoms with E-state index >= 15 is 0 Å². The minimum atomic E-state index is -0.264. The zero-order valence-corrected chi connectivity index (χ0v) is 8.55. The number of pyridine rings is 1. The van der Waals surface area contributed by atoms with Crippen LogP contribution in [0.5, 0.6) is 0 Å². The van der Waals surface area contributed by atoms with Crippen LogP contribution in [0.2, 0.25) is 0 Å². The number of nitrogens with zero attached hydrogens (tertiary/aromatic N) is 1. The molecule has 1 aromatic heterocycles. The van der Waals surface area contributed by atoms with E-state index in [-0.39, 0.29) is 12.4 Å². The van der Waals surface area contributed by atoms with Gasteiger partial charge >= 0.3 is 5.97 Å². The largest absolute Gasteiger partial charge is 0.619 e. The van der Waals surface area contributed by atoms with Gasteiger partial charge in [-0.15, -0.1) is 0 Å². The molecular weight excluding hydrogens is 194 g/mol. The molecule has 0 aliphatic carbocycles. The standard InChI is InChI=1S/C11H13NO3/c1-2-15-11(13)7-3-5-10-6-4-8-12(14)9-10/h3-6,8-9H,2,7H2,1H3. The highest BCUT2D eigenvalue weighted by Crippen LogP contribution is 1.99. The summed E-state index contributed by atoms with van der Waals surface area (Å²) in [4.78, 5) is 11.0. The quantitative estimate of drug-likeness (QED) is 0.424. The minimum Gasteiger partial charge on any atom is -0.619 e. The van der Waals surface area contributed by atoms with Crippen LogP contribution in [0.4, 0.5) is 0 Å². The van der Waals surface area contributed by atoms with Crippen molar-refractivity contribution in [3.05, 3.63) is 41.4 Å². The van der Waals surface area contributed by atoms with E-state index in [2.05, 4.69) is 0 Å². The van der Waals surface area contributed by atoms with Gasteiger partial charge in [-0.3, -0.25) is 4.79 Å². The maximum Gasteiger partial charge on any atom is 0.309 e. The molecule has 4 heteroatoms. The smallest absolute Gasteiger partial charge is 0.309 e. The van der Waals surface area contributed by atoms with E-state index in [0.717, 1.165) is 5.56 Å². The number of carbonyl (C=O) groups is 1. The van der Waals surface area contributed by atoms with E-state index < -0.39 is 0 Å². The second kappa shape index (κ2) is 5.80. The van der Waals surface area contributed by atoms with Crippen molar-refractivity contribution in [2.75, 3.05) is 6.61 Å². The zero-order valence-electron chi connectivity index (χ0n) is 8.55. The van der Waals surface area contributed by atoms with Gasteiger partial charge in [-0.25, -0.2) is 0 Å². The Hall–Kier alpha value is -1.84. The molecule has 0 spiro atoms. The molecule has 0 N–H and O–H groups in total. The van der Waals surface area contributed by atoms with Crippen LogP contribution in [0, 0.1) is 5.21 Å². The van der Waals surface area contributed by atoms with Crippen molar-refractivity contribution in [2.24, 2.45) is 0 Å². The van der Waals surface area contributed by atoms with Crippen LogP contribution in [-0.4, -0.2) is 12.6 Å². The first-order valence-electron chi connectivity index (χ1n) is 4.73. The van der Waals surface area contributed by atoms with Crippen molar-refractivity contribution in [1.29, 1.82) is 0 Å². The average Bonchev–Trinajstić information content (AvgIpc) is 2.18. The van der Waals surface area contributed by atoms with Gasteiger partial charge in [-0.2, -0.15) is 4.73 Å². The van der Waals surface area contributed by atoms with E-state index in [1.54, 1.807) is 31.2 Å². The van der Waals surface area contributed by atoms with E-state index in [9.17, 15) is 10.0 Å². The Balaban J connectivity index is 2.48. The summed E-state index contributed by atoms with van der Waals surface area (Å²) in [6.45, 7) is 2.15. The lowest BCUT2D eigenvalue weighted by molar-refractivity contribution is -0.605. The number of esters is 1. The number of rotatable bonds is 4. The first-order chi connectivity index (χ1) is 7.22. The monoisotopic (exact) mass is 207 g/mol. The van der Waals surface area contributed by atoms with Gasteiger partial charge in [0.25, 0.3) is 0 Å².